The topological polar surface area (TPSA) is 118 Å². The number of aliphatic hydroxyl groups is 1. The maximum atomic E-state index is 13.8. The molecule has 1 aliphatic carbocycles. The predicted octanol–water partition coefficient (Wildman–Crippen LogP) is 3.25. The van der Waals surface area contributed by atoms with E-state index in [1.807, 2.05) is 18.7 Å². The molecule has 0 heterocycles. The van der Waals surface area contributed by atoms with Crippen LogP contribution in [0.25, 0.3) is 38.1 Å². The fourth-order valence-corrected chi connectivity index (χ4v) is 5.63. The van der Waals surface area contributed by atoms with Gasteiger partial charge in [-0.3, -0.25) is 14.5 Å². The molecule has 0 unspecified atom stereocenters. The van der Waals surface area contributed by atoms with Gasteiger partial charge in [-0.05, 0) is 62.5 Å². The zero-order valence-electron chi connectivity index (χ0n) is 19.8. The van der Waals surface area contributed by atoms with Crippen molar-refractivity contribution >= 4 is 38.1 Å². The number of phenolic OH excluding ortho intramolecular Hbond substituents is 3. The summed E-state index contributed by atoms with van der Waals surface area (Å²) in [5.74, 6) is -1.13. The zero-order chi connectivity index (χ0) is 24.9. The lowest BCUT2D eigenvalue weighted by Crippen LogP contribution is -2.40. The van der Waals surface area contributed by atoms with E-state index in [0.29, 0.717) is 40.4 Å². The number of benzene rings is 4. The van der Waals surface area contributed by atoms with Crippen LogP contribution in [-0.4, -0.2) is 38.4 Å². The Balaban J connectivity index is 2.21. The molecule has 0 bridgehead atoms. The highest BCUT2D eigenvalue weighted by atomic mass is 16.3. The van der Waals surface area contributed by atoms with Crippen molar-refractivity contribution in [3.05, 3.63) is 54.5 Å². The van der Waals surface area contributed by atoms with Crippen LogP contribution in [0.15, 0.2) is 21.7 Å². The average molecular weight is 462 g/mol. The van der Waals surface area contributed by atoms with Crippen LogP contribution in [0, 0.1) is 6.92 Å². The molecule has 7 heteroatoms. The van der Waals surface area contributed by atoms with Crippen molar-refractivity contribution in [2.24, 2.45) is 0 Å². The van der Waals surface area contributed by atoms with Gasteiger partial charge in [0.05, 0.1) is 21.6 Å². The summed E-state index contributed by atoms with van der Waals surface area (Å²) in [6.45, 7) is 10.4. The number of aromatic hydroxyl groups is 3. The van der Waals surface area contributed by atoms with Crippen LogP contribution in [0.3, 0.4) is 0 Å². The highest BCUT2D eigenvalue weighted by molar-refractivity contribution is 6.29. The van der Waals surface area contributed by atoms with Gasteiger partial charge in [0.1, 0.15) is 23.0 Å². The number of aliphatic hydroxyl groups excluding tert-OH is 1. The number of hydrogen-bond donors (Lipinski definition) is 4. The SMILES string of the molecule is CCN(CC)Cc1c(O)c2c(O)c3c(=O)cc(C)c4c(O)cc5c(c2c(c1=O)=C(O)C5(C)C)c43. The quantitative estimate of drug-likeness (QED) is 0.272. The number of nitrogens with zero attached hydrogens (tertiary/aromatic N) is 1. The van der Waals surface area contributed by atoms with E-state index in [0.717, 1.165) is 0 Å². The Labute approximate surface area is 195 Å². The highest BCUT2D eigenvalue weighted by Gasteiger charge is 2.38. The molecule has 0 radical (unpaired) electrons. The normalized spacial score (nSPS) is 14.9. The minimum Gasteiger partial charge on any atom is -0.511 e. The van der Waals surface area contributed by atoms with E-state index in [1.54, 1.807) is 20.8 Å². The third-order valence-corrected chi connectivity index (χ3v) is 7.57. The number of hydrogen-bond acceptors (Lipinski definition) is 7. The van der Waals surface area contributed by atoms with Crippen LogP contribution in [0.5, 0.6) is 17.2 Å². The third kappa shape index (κ3) is 2.50. The fraction of sp³-hybridized carbons (Fsp3) is 0.333. The molecule has 4 aromatic rings. The molecule has 0 spiro atoms. The smallest absolute Gasteiger partial charge is 0.198 e. The molecule has 1 aliphatic rings. The molecule has 5 rings (SSSR count). The van der Waals surface area contributed by atoms with Gasteiger partial charge in [-0.2, -0.15) is 0 Å². The Morgan fingerprint density at radius 2 is 1.47 bits per heavy atom. The highest BCUT2D eigenvalue weighted by Crippen LogP contribution is 2.51. The summed E-state index contributed by atoms with van der Waals surface area (Å²) in [5, 5.41) is 46.3. The molecule has 0 saturated carbocycles. The standard InChI is InChI=1S/C27H27NO6/c1-6-28(7-2)10-12-23(31)21-20-17-13(27(4,5)26(34)22(20)24(12)32)9-15(30)16-11(3)8-14(29)18(19(16)17)25(21)33/h8-9,30-31,33-34H,6-7,10H2,1-5H3. The largest absolute Gasteiger partial charge is 0.511 e. The lowest BCUT2D eigenvalue weighted by atomic mass is 9.72. The second kappa shape index (κ2) is 6.96. The monoisotopic (exact) mass is 461 g/mol. The minimum absolute atomic E-state index is 0.0191. The van der Waals surface area contributed by atoms with Crippen molar-refractivity contribution in [2.45, 2.75) is 46.6 Å². The first kappa shape index (κ1) is 22.2. The first-order valence-corrected chi connectivity index (χ1v) is 11.4. The van der Waals surface area contributed by atoms with E-state index in [1.165, 1.54) is 12.1 Å². The van der Waals surface area contributed by atoms with Crippen molar-refractivity contribution in [2.75, 3.05) is 13.1 Å². The predicted molar refractivity (Wildman–Crippen MR) is 133 cm³/mol. The van der Waals surface area contributed by atoms with Gasteiger partial charge in [-0.25, -0.2) is 0 Å². The summed E-state index contributed by atoms with van der Waals surface area (Å²) in [5.41, 5.74) is -0.916. The molecule has 4 N–H and O–H groups in total. The van der Waals surface area contributed by atoms with Gasteiger partial charge in [0.2, 0.25) is 0 Å². The molecule has 0 atom stereocenters. The van der Waals surface area contributed by atoms with Gasteiger partial charge in [-0.15, -0.1) is 0 Å². The molecule has 0 amide bonds. The molecular weight excluding hydrogens is 434 g/mol. The molecule has 0 saturated heterocycles. The Morgan fingerprint density at radius 3 is 2.09 bits per heavy atom. The van der Waals surface area contributed by atoms with E-state index in [9.17, 15) is 30.0 Å². The lowest BCUT2D eigenvalue weighted by Gasteiger charge is -2.32. The summed E-state index contributed by atoms with van der Waals surface area (Å²) in [7, 11) is 0. The second-order valence-corrected chi connectivity index (χ2v) is 9.70. The second-order valence-electron chi connectivity index (χ2n) is 9.70. The van der Waals surface area contributed by atoms with E-state index >= 15 is 0 Å². The zero-order valence-corrected chi connectivity index (χ0v) is 19.8. The van der Waals surface area contributed by atoms with Gasteiger partial charge in [0.25, 0.3) is 0 Å². The summed E-state index contributed by atoms with van der Waals surface area (Å²) in [6.07, 6.45) is 0. The van der Waals surface area contributed by atoms with Crippen LogP contribution >= 0.6 is 0 Å². The first-order valence-electron chi connectivity index (χ1n) is 11.4. The van der Waals surface area contributed by atoms with E-state index in [4.69, 9.17) is 0 Å². The van der Waals surface area contributed by atoms with Crippen LogP contribution in [0.1, 0.15) is 44.4 Å². The van der Waals surface area contributed by atoms with Crippen molar-refractivity contribution in [3.8, 4) is 17.2 Å². The Kier molecular flexibility index (Phi) is 4.55. The van der Waals surface area contributed by atoms with Gasteiger partial charge in [0.15, 0.2) is 10.9 Å². The van der Waals surface area contributed by atoms with Crippen molar-refractivity contribution in [1.82, 2.24) is 4.90 Å². The van der Waals surface area contributed by atoms with Gasteiger partial charge >= 0.3 is 0 Å². The van der Waals surface area contributed by atoms with Crippen molar-refractivity contribution in [1.29, 1.82) is 0 Å². The summed E-state index contributed by atoms with van der Waals surface area (Å²) in [6, 6.07) is 2.88. The molecule has 0 aliphatic heterocycles. The van der Waals surface area contributed by atoms with Crippen LogP contribution in [0.2, 0.25) is 0 Å². The molecule has 7 nitrogen and oxygen atoms in total. The fourth-order valence-electron chi connectivity index (χ4n) is 5.63. The summed E-state index contributed by atoms with van der Waals surface area (Å²) in [4.78, 5) is 28.8. The maximum Gasteiger partial charge on any atom is 0.198 e. The first-order chi connectivity index (χ1) is 16.0. The molecular formula is C27H27NO6. The van der Waals surface area contributed by atoms with E-state index < -0.39 is 27.8 Å². The molecule has 4 aromatic carbocycles. The van der Waals surface area contributed by atoms with Gasteiger partial charge in [-0.1, -0.05) is 13.8 Å². The summed E-state index contributed by atoms with van der Waals surface area (Å²) >= 11 is 0. The Hall–Kier alpha value is -3.58. The molecule has 34 heavy (non-hydrogen) atoms. The third-order valence-electron chi connectivity index (χ3n) is 7.57. The molecule has 0 fully saturated rings. The van der Waals surface area contributed by atoms with Crippen LogP contribution in [-0.2, 0) is 12.0 Å². The molecule has 0 aromatic heterocycles. The number of aryl methyl sites for hydroxylation is 1. The molecule has 176 valence electrons. The number of phenols is 3. The lowest BCUT2D eigenvalue weighted by molar-refractivity contribution is 0.290. The van der Waals surface area contributed by atoms with Gasteiger partial charge < -0.3 is 20.4 Å². The Morgan fingerprint density at radius 1 is 0.824 bits per heavy atom. The Bertz CT molecular complexity index is 1720. The maximum absolute atomic E-state index is 13.8. The van der Waals surface area contributed by atoms with E-state index in [-0.39, 0.29) is 45.0 Å². The summed E-state index contributed by atoms with van der Waals surface area (Å²) < 4.78 is 0. The van der Waals surface area contributed by atoms with Crippen LogP contribution < -0.4 is 16.1 Å². The van der Waals surface area contributed by atoms with Crippen molar-refractivity contribution < 1.29 is 20.4 Å². The average Bonchev–Trinajstić information content (AvgIpc) is 2.76. The number of rotatable bonds is 4. The van der Waals surface area contributed by atoms with Gasteiger partial charge in [0, 0.05) is 28.1 Å². The minimum atomic E-state index is -1.06. The van der Waals surface area contributed by atoms with E-state index in [2.05, 4.69) is 0 Å². The van der Waals surface area contributed by atoms with Crippen molar-refractivity contribution in [3.63, 3.8) is 0 Å². The van der Waals surface area contributed by atoms with Crippen LogP contribution in [0.4, 0.5) is 0 Å².